The van der Waals surface area contributed by atoms with E-state index in [4.69, 9.17) is 14.2 Å². The van der Waals surface area contributed by atoms with E-state index in [0.717, 1.165) is 10.5 Å². The van der Waals surface area contributed by atoms with Crippen molar-refractivity contribution in [3.8, 4) is 17.2 Å². The Balaban J connectivity index is 1.72. The lowest BCUT2D eigenvalue weighted by molar-refractivity contribution is -0.916. The molecule has 0 radical (unpaired) electrons. The highest BCUT2D eigenvalue weighted by molar-refractivity contribution is 5.95. The number of ether oxygens (including phenoxy) is 3. The third kappa shape index (κ3) is 4.88. The van der Waals surface area contributed by atoms with Crippen LogP contribution >= 0.6 is 0 Å². The number of fused-ring (bicyclic) bond motifs is 1. The number of nitrogens with zero attached hydrogens (tertiary/aromatic N) is 1. The van der Waals surface area contributed by atoms with Gasteiger partial charge in [-0.2, -0.15) is 0 Å². The minimum absolute atomic E-state index is 0.0225. The van der Waals surface area contributed by atoms with Gasteiger partial charge in [0.2, 0.25) is 6.79 Å². The number of benzene rings is 3. The quantitative estimate of drug-likeness (QED) is 0.404. The molecule has 2 unspecified atom stereocenters. The van der Waals surface area contributed by atoms with Crippen molar-refractivity contribution in [2.24, 2.45) is 0 Å². The summed E-state index contributed by atoms with van der Waals surface area (Å²) in [6.07, 6.45) is 0. The first-order chi connectivity index (χ1) is 16.0. The summed E-state index contributed by atoms with van der Waals surface area (Å²) in [5.74, 6) is 0.948. The molecule has 2 N–H and O–H groups in total. The van der Waals surface area contributed by atoms with Gasteiger partial charge in [-0.1, -0.05) is 30.3 Å². The Bertz CT molecular complexity index is 1150. The van der Waals surface area contributed by atoms with Crippen LogP contribution in [0, 0.1) is 10.1 Å². The maximum absolute atomic E-state index is 13.5. The van der Waals surface area contributed by atoms with Crippen LogP contribution in [0.2, 0.25) is 0 Å². The summed E-state index contributed by atoms with van der Waals surface area (Å²) in [5.41, 5.74) is 1.62. The lowest BCUT2D eigenvalue weighted by atomic mass is 10.0. The van der Waals surface area contributed by atoms with Gasteiger partial charge in [-0.3, -0.25) is 14.9 Å². The number of carbonyl (C=O) groups is 1. The van der Waals surface area contributed by atoms with Crippen LogP contribution < -0.4 is 24.4 Å². The Morgan fingerprint density at radius 1 is 1.12 bits per heavy atom. The Morgan fingerprint density at radius 2 is 1.79 bits per heavy atom. The predicted molar refractivity (Wildman–Crippen MR) is 121 cm³/mol. The minimum atomic E-state index is -0.887. The smallest absolute Gasteiger partial charge is 0.287 e. The third-order valence-electron chi connectivity index (χ3n) is 5.47. The lowest BCUT2D eigenvalue weighted by Gasteiger charge is -2.25. The lowest BCUT2D eigenvalue weighted by Crippen LogP contribution is -3.09. The topological polar surface area (TPSA) is 104 Å². The highest BCUT2D eigenvalue weighted by atomic mass is 16.7. The van der Waals surface area contributed by atoms with Gasteiger partial charge in [0.25, 0.3) is 11.6 Å². The molecule has 4 rings (SSSR count). The van der Waals surface area contributed by atoms with Gasteiger partial charge in [0.05, 0.1) is 25.1 Å². The van der Waals surface area contributed by atoms with Gasteiger partial charge >= 0.3 is 0 Å². The number of quaternary nitrogens is 1. The second-order valence-corrected chi connectivity index (χ2v) is 7.68. The van der Waals surface area contributed by atoms with E-state index in [2.05, 4.69) is 5.32 Å². The van der Waals surface area contributed by atoms with Gasteiger partial charge in [-0.05, 0) is 24.3 Å². The molecule has 0 bridgehead atoms. The summed E-state index contributed by atoms with van der Waals surface area (Å²) < 4.78 is 15.9. The minimum Gasteiger partial charge on any atom is -0.497 e. The molecule has 9 nitrogen and oxygen atoms in total. The molecule has 3 aromatic carbocycles. The molecule has 2 atom stereocenters. The number of anilines is 1. The first-order valence-corrected chi connectivity index (χ1v) is 10.4. The molecule has 0 fully saturated rings. The number of rotatable bonds is 8. The van der Waals surface area contributed by atoms with E-state index in [9.17, 15) is 14.9 Å². The average Bonchev–Trinajstić information content (AvgIpc) is 3.27. The van der Waals surface area contributed by atoms with Crippen molar-refractivity contribution < 1.29 is 28.8 Å². The number of amides is 1. The maximum Gasteiger partial charge on any atom is 0.287 e. The zero-order valence-corrected chi connectivity index (χ0v) is 18.2. The van der Waals surface area contributed by atoms with Crippen molar-refractivity contribution in [1.29, 1.82) is 0 Å². The second kappa shape index (κ2) is 9.58. The summed E-state index contributed by atoms with van der Waals surface area (Å²) in [6, 6.07) is 18.5. The number of hydrogen-bond donors (Lipinski definition) is 2. The molecule has 0 aromatic heterocycles. The van der Waals surface area contributed by atoms with Crippen LogP contribution in [0.3, 0.4) is 0 Å². The predicted octanol–water partition coefficient (Wildman–Crippen LogP) is 2.73. The number of nitro benzene ring substituents is 1. The Kier molecular flexibility index (Phi) is 6.41. The van der Waals surface area contributed by atoms with Crippen molar-refractivity contribution >= 4 is 17.3 Å². The Hall–Kier alpha value is -4.11. The fraction of sp³-hybridized carbons (Fsp3) is 0.208. The highest BCUT2D eigenvalue weighted by Gasteiger charge is 2.37. The van der Waals surface area contributed by atoms with Gasteiger partial charge in [0.15, 0.2) is 17.5 Å². The first-order valence-electron chi connectivity index (χ1n) is 10.4. The van der Waals surface area contributed by atoms with Crippen LogP contribution in [0.4, 0.5) is 11.4 Å². The Morgan fingerprint density at radius 3 is 2.42 bits per heavy atom. The van der Waals surface area contributed by atoms with E-state index < -0.39 is 11.0 Å². The SMILES string of the molecule is COc1ccc(NC(=O)C(c2cc3c(cc2[N+](=O)[O-])OCO3)[NH+](C)Cc2ccccc2)cc1. The molecular weight excluding hydrogens is 426 g/mol. The summed E-state index contributed by atoms with van der Waals surface area (Å²) in [4.78, 5) is 25.7. The normalized spacial score (nSPS) is 13.8. The van der Waals surface area contributed by atoms with Gasteiger partial charge in [-0.15, -0.1) is 0 Å². The maximum atomic E-state index is 13.5. The monoisotopic (exact) mass is 450 g/mol. The number of hydrogen-bond acceptors (Lipinski definition) is 6. The van der Waals surface area contributed by atoms with Crippen molar-refractivity contribution in [2.75, 3.05) is 26.3 Å². The number of likely N-dealkylation sites (N-methyl/N-ethyl adjacent to an activating group) is 1. The van der Waals surface area contributed by atoms with E-state index >= 15 is 0 Å². The molecule has 0 aliphatic carbocycles. The Labute approximate surface area is 190 Å². The van der Waals surface area contributed by atoms with Crippen LogP contribution in [0.5, 0.6) is 17.2 Å². The molecule has 3 aromatic rings. The fourth-order valence-electron chi connectivity index (χ4n) is 3.88. The van der Waals surface area contributed by atoms with Crippen molar-refractivity contribution in [3.63, 3.8) is 0 Å². The zero-order valence-electron chi connectivity index (χ0n) is 18.2. The van der Waals surface area contributed by atoms with E-state index in [1.165, 1.54) is 12.1 Å². The van der Waals surface area contributed by atoms with Gasteiger partial charge in [0.1, 0.15) is 17.9 Å². The molecule has 9 heteroatoms. The molecule has 1 aliphatic heterocycles. The molecule has 33 heavy (non-hydrogen) atoms. The first kappa shape index (κ1) is 22.1. The zero-order chi connectivity index (χ0) is 23.4. The number of nitro groups is 1. The van der Waals surface area contributed by atoms with E-state index in [1.54, 1.807) is 31.4 Å². The van der Waals surface area contributed by atoms with Crippen molar-refractivity contribution in [3.05, 3.63) is 88.0 Å². The van der Waals surface area contributed by atoms with E-state index in [0.29, 0.717) is 29.5 Å². The number of nitrogens with one attached hydrogen (secondary N) is 2. The molecule has 1 amide bonds. The summed E-state index contributed by atoms with van der Waals surface area (Å²) >= 11 is 0. The number of carbonyl (C=O) groups excluding carboxylic acids is 1. The third-order valence-corrected chi connectivity index (χ3v) is 5.47. The summed E-state index contributed by atoms with van der Waals surface area (Å²) in [5, 5.41) is 14.8. The van der Waals surface area contributed by atoms with Crippen molar-refractivity contribution in [2.45, 2.75) is 12.6 Å². The standard InChI is InChI=1S/C24H23N3O6/c1-26(14-16-6-4-3-5-7-16)23(24(28)25-17-8-10-18(31-2)11-9-17)19-12-21-22(33-15-32-21)13-20(19)27(29)30/h3-13,23H,14-15H2,1-2H3,(H,25,28)/p+1. The van der Waals surface area contributed by atoms with Crippen LogP contribution in [0.1, 0.15) is 17.2 Å². The molecule has 1 aliphatic rings. The highest BCUT2D eigenvalue weighted by Crippen LogP contribution is 2.40. The van der Waals surface area contributed by atoms with E-state index in [1.807, 2.05) is 37.4 Å². The molecule has 1 heterocycles. The molecular formula is C24H24N3O6+. The van der Waals surface area contributed by atoms with Crippen LogP contribution in [0.15, 0.2) is 66.7 Å². The second-order valence-electron chi connectivity index (χ2n) is 7.68. The fourth-order valence-corrected chi connectivity index (χ4v) is 3.88. The van der Waals surface area contributed by atoms with Crippen LogP contribution in [-0.4, -0.2) is 31.8 Å². The largest absolute Gasteiger partial charge is 0.497 e. The van der Waals surface area contributed by atoms with Crippen LogP contribution in [0.25, 0.3) is 0 Å². The molecule has 0 spiro atoms. The van der Waals surface area contributed by atoms with Gasteiger partial charge in [0, 0.05) is 17.3 Å². The van der Waals surface area contributed by atoms with Gasteiger partial charge < -0.3 is 24.4 Å². The molecule has 170 valence electrons. The van der Waals surface area contributed by atoms with E-state index in [-0.39, 0.29) is 24.0 Å². The van der Waals surface area contributed by atoms with Crippen molar-refractivity contribution in [1.82, 2.24) is 0 Å². The molecule has 0 saturated carbocycles. The molecule has 0 saturated heterocycles. The van der Waals surface area contributed by atoms with Gasteiger partial charge in [-0.25, -0.2) is 0 Å². The number of methoxy groups -OCH3 is 1. The average molecular weight is 450 g/mol. The summed E-state index contributed by atoms with van der Waals surface area (Å²) in [7, 11) is 3.39. The summed E-state index contributed by atoms with van der Waals surface area (Å²) in [6.45, 7) is 0.457. The van der Waals surface area contributed by atoms with Crippen LogP contribution in [-0.2, 0) is 11.3 Å².